The molecule has 2 saturated carbocycles. The fourth-order valence-electron chi connectivity index (χ4n) is 4.43. The molecule has 6 heteroatoms. The number of rotatable bonds is 4. The van der Waals surface area contributed by atoms with Gasteiger partial charge in [0.1, 0.15) is 5.82 Å². The van der Waals surface area contributed by atoms with Crippen molar-refractivity contribution in [1.82, 2.24) is 20.1 Å². The number of H-pyrrole nitrogens is 1. The van der Waals surface area contributed by atoms with Gasteiger partial charge in [0.25, 0.3) is 0 Å². The Morgan fingerprint density at radius 3 is 2.58 bits per heavy atom. The van der Waals surface area contributed by atoms with Crippen molar-refractivity contribution in [3.63, 3.8) is 0 Å². The molecule has 0 unspecified atom stereocenters. The fraction of sp³-hybridized carbons (Fsp3) is 0.833. The Labute approximate surface area is 142 Å². The molecule has 0 spiro atoms. The van der Waals surface area contributed by atoms with Crippen LogP contribution in [-0.2, 0) is 4.79 Å². The van der Waals surface area contributed by atoms with Crippen LogP contribution in [0.2, 0.25) is 0 Å². The van der Waals surface area contributed by atoms with Crippen LogP contribution in [0.1, 0.15) is 74.9 Å². The topological polar surface area (TPSA) is 61.9 Å². The molecule has 2 heterocycles. The molecule has 0 radical (unpaired) electrons. The van der Waals surface area contributed by atoms with Gasteiger partial charge in [0.2, 0.25) is 5.91 Å². The lowest BCUT2D eigenvalue weighted by Crippen LogP contribution is -2.37. The molecular weight excluding hydrogens is 307 g/mol. The van der Waals surface area contributed by atoms with E-state index in [2.05, 4.69) is 10.2 Å². The number of nitrogens with zero attached hydrogens (tertiary/aromatic N) is 3. The summed E-state index contributed by atoms with van der Waals surface area (Å²) in [4.78, 5) is 19.1. The number of hydrogen-bond acceptors (Lipinski definition) is 3. The van der Waals surface area contributed by atoms with Gasteiger partial charge in [-0.05, 0) is 25.7 Å². The van der Waals surface area contributed by atoms with Crippen LogP contribution in [0.4, 0.5) is 4.39 Å². The molecule has 1 N–H and O–H groups in total. The standard InChI is InChI=1S/C18H27FN4O/c19-9-14-10-23(18(24)13-7-4-8-13)11-15(14)17-20-16(21-22-17)12-5-2-1-3-6-12/h12-15H,1-11H2,(H,20,21,22)/t14-,15-/m1/s1. The SMILES string of the molecule is O=C(C1CCC1)N1C[C@@H](CF)[C@H](c2nc(C3CCCCC3)n[nH]2)C1. The highest BCUT2D eigenvalue weighted by atomic mass is 19.1. The van der Waals surface area contributed by atoms with E-state index >= 15 is 0 Å². The number of aromatic amines is 1. The normalized spacial score (nSPS) is 29.0. The Hall–Kier alpha value is -1.46. The van der Waals surface area contributed by atoms with Crippen molar-refractivity contribution < 1.29 is 9.18 Å². The molecule has 5 nitrogen and oxygen atoms in total. The Morgan fingerprint density at radius 2 is 1.92 bits per heavy atom. The molecule has 132 valence electrons. The lowest BCUT2D eigenvalue weighted by Gasteiger charge is -2.29. The number of hydrogen-bond donors (Lipinski definition) is 1. The van der Waals surface area contributed by atoms with Gasteiger partial charge in [0, 0.05) is 36.8 Å². The Kier molecular flexibility index (Phi) is 4.55. The predicted molar refractivity (Wildman–Crippen MR) is 88.3 cm³/mol. The first-order chi connectivity index (χ1) is 11.8. The minimum absolute atomic E-state index is 0.0381. The van der Waals surface area contributed by atoms with Gasteiger partial charge in [-0.25, -0.2) is 4.98 Å². The summed E-state index contributed by atoms with van der Waals surface area (Å²) in [7, 11) is 0. The minimum Gasteiger partial charge on any atom is -0.341 e. The van der Waals surface area contributed by atoms with Crippen molar-refractivity contribution >= 4 is 5.91 Å². The summed E-state index contributed by atoms with van der Waals surface area (Å²) in [6, 6.07) is 0. The number of alkyl halides is 1. The maximum Gasteiger partial charge on any atom is 0.225 e. The van der Waals surface area contributed by atoms with Gasteiger partial charge >= 0.3 is 0 Å². The molecule has 3 fully saturated rings. The Balaban J connectivity index is 1.46. The molecule has 24 heavy (non-hydrogen) atoms. The Bertz CT molecular complexity index is 579. The monoisotopic (exact) mass is 334 g/mol. The van der Waals surface area contributed by atoms with E-state index in [0.29, 0.717) is 19.0 Å². The first-order valence-electron chi connectivity index (χ1n) is 9.53. The summed E-state index contributed by atoms with van der Waals surface area (Å²) in [5, 5.41) is 7.48. The molecule has 1 aromatic heterocycles. The number of likely N-dealkylation sites (tertiary alicyclic amines) is 1. The van der Waals surface area contributed by atoms with Crippen molar-refractivity contribution in [3.8, 4) is 0 Å². The molecule has 0 aromatic carbocycles. The highest BCUT2D eigenvalue weighted by Crippen LogP contribution is 2.36. The van der Waals surface area contributed by atoms with Crippen LogP contribution in [0, 0.1) is 11.8 Å². The molecule has 0 bridgehead atoms. The molecule has 3 aliphatic rings. The zero-order valence-electron chi connectivity index (χ0n) is 14.2. The summed E-state index contributed by atoms with van der Waals surface area (Å²) >= 11 is 0. The largest absolute Gasteiger partial charge is 0.341 e. The van der Waals surface area contributed by atoms with Gasteiger partial charge in [-0.1, -0.05) is 25.7 Å². The van der Waals surface area contributed by atoms with Crippen molar-refractivity contribution in [3.05, 3.63) is 11.6 Å². The van der Waals surface area contributed by atoms with Gasteiger partial charge in [-0.2, -0.15) is 5.10 Å². The second-order valence-corrected chi connectivity index (χ2v) is 7.81. The highest BCUT2D eigenvalue weighted by Gasteiger charge is 2.41. The molecule has 1 aromatic rings. The van der Waals surface area contributed by atoms with E-state index in [9.17, 15) is 9.18 Å². The van der Waals surface area contributed by atoms with Crippen LogP contribution in [0.5, 0.6) is 0 Å². The van der Waals surface area contributed by atoms with Crippen molar-refractivity contribution in [1.29, 1.82) is 0 Å². The third-order valence-corrected chi connectivity index (χ3v) is 6.25. The van der Waals surface area contributed by atoms with E-state index in [1.165, 1.54) is 19.3 Å². The van der Waals surface area contributed by atoms with Gasteiger partial charge in [-0.3, -0.25) is 14.3 Å². The van der Waals surface area contributed by atoms with Crippen LogP contribution >= 0.6 is 0 Å². The van der Waals surface area contributed by atoms with Gasteiger partial charge in [0.05, 0.1) is 6.67 Å². The zero-order valence-corrected chi connectivity index (χ0v) is 14.2. The van der Waals surface area contributed by atoms with Crippen LogP contribution in [0.3, 0.4) is 0 Å². The minimum atomic E-state index is -0.404. The number of amides is 1. The van der Waals surface area contributed by atoms with Crippen LogP contribution in [0.15, 0.2) is 0 Å². The number of aromatic nitrogens is 3. The lowest BCUT2D eigenvalue weighted by atomic mass is 9.84. The highest BCUT2D eigenvalue weighted by molar-refractivity contribution is 5.80. The summed E-state index contributed by atoms with van der Waals surface area (Å²) in [6.07, 6.45) is 9.24. The maximum absolute atomic E-state index is 13.5. The molecule has 4 rings (SSSR count). The molecule has 1 amide bonds. The number of carbonyl (C=O) groups is 1. The van der Waals surface area contributed by atoms with Crippen LogP contribution in [-0.4, -0.2) is 45.8 Å². The second kappa shape index (κ2) is 6.81. The predicted octanol–water partition coefficient (Wildman–Crippen LogP) is 3.16. The number of nitrogens with one attached hydrogen (secondary N) is 1. The number of halogens is 1. The third-order valence-electron chi connectivity index (χ3n) is 6.25. The molecule has 1 saturated heterocycles. The Morgan fingerprint density at radius 1 is 1.12 bits per heavy atom. The van der Waals surface area contributed by atoms with Gasteiger partial charge in [-0.15, -0.1) is 0 Å². The summed E-state index contributed by atoms with van der Waals surface area (Å²) in [6.45, 7) is 0.706. The van der Waals surface area contributed by atoms with Crippen molar-refractivity contribution in [2.45, 2.75) is 63.2 Å². The van der Waals surface area contributed by atoms with E-state index in [1.54, 1.807) is 0 Å². The van der Waals surface area contributed by atoms with E-state index in [4.69, 9.17) is 4.98 Å². The second-order valence-electron chi connectivity index (χ2n) is 7.81. The smallest absolute Gasteiger partial charge is 0.225 e. The van der Waals surface area contributed by atoms with E-state index in [-0.39, 0.29) is 23.7 Å². The fourth-order valence-corrected chi connectivity index (χ4v) is 4.43. The third kappa shape index (κ3) is 2.95. The average Bonchev–Trinajstić information content (AvgIpc) is 3.20. The first kappa shape index (κ1) is 16.0. The molecule has 2 aliphatic carbocycles. The molecular formula is C18H27FN4O. The van der Waals surface area contributed by atoms with E-state index in [0.717, 1.165) is 43.8 Å². The summed E-state index contributed by atoms with van der Waals surface area (Å²) < 4.78 is 13.5. The van der Waals surface area contributed by atoms with Crippen molar-refractivity contribution in [2.75, 3.05) is 19.8 Å². The average molecular weight is 334 g/mol. The van der Waals surface area contributed by atoms with Crippen LogP contribution in [0.25, 0.3) is 0 Å². The number of carbonyl (C=O) groups excluding carboxylic acids is 1. The van der Waals surface area contributed by atoms with Gasteiger partial charge < -0.3 is 4.90 Å². The zero-order chi connectivity index (χ0) is 16.5. The van der Waals surface area contributed by atoms with E-state index in [1.807, 2.05) is 4.90 Å². The van der Waals surface area contributed by atoms with Crippen LogP contribution < -0.4 is 0 Å². The maximum atomic E-state index is 13.5. The lowest BCUT2D eigenvalue weighted by molar-refractivity contribution is -0.137. The molecule has 2 atom stereocenters. The van der Waals surface area contributed by atoms with E-state index < -0.39 is 6.67 Å². The first-order valence-corrected chi connectivity index (χ1v) is 9.53. The summed E-state index contributed by atoms with van der Waals surface area (Å²) in [5.74, 6) is 2.32. The molecule has 1 aliphatic heterocycles. The summed E-state index contributed by atoms with van der Waals surface area (Å²) in [5.41, 5.74) is 0. The quantitative estimate of drug-likeness (QED) is 0.920. The van der Waals surface area contributed by atoms with Crippen molar-refractivity contribution in [2.24, 2.45) is 11.8 Å². The van der Waals surface area contributed by atoms with Gasteiger partial charge in [0.15, 0.2) is 5.82 Å².